The minimum Gasteiger partial charge on any atom is -0.375 e. The summed E-state index contributed by atoms with van der Waals surface area (Å²) in [5.41, 5.74) is 0. The van der Waals surface area contributed by atoms with Gasteiger partial charge in [0.1, 0.15) is 0 Å². The molecule has 0 saturated heterocycles. The van der Waals surface area contributed by atoms with Crippen molar-refractivity contribution in [3.05, 3.63) is 0 Å². The Hall–Kier alpha value is -0.160. The van der Waals surface area contributed by atoms with Crippen molar-refractivity contribution in [1.29, 1.82) is 0 Å². The molecule has 0 heterocycles. The van der Waals surface area contributed by atoms with E-state index in [1.165, 1.54) is 205 Å². The van der Waals surface area contributed by atoms with Crippen molar-refractivity contribution in [3.63, 3.8) is 0 Å². The summed E-state index contributed by atoms with van der Waals surface area (Å²) in [4.78, 5) is 6.77. The third kappa shape index (κ3) is 9.29. The maximum atomic E-state index is 7.74. The first kappa shape index (κ1) is 43.7. The monoisotopic (exact) mass is 829 g/mol. The van der Waals surface area contributed by atoms with Crippen molar-refractivity contribution in [2.75, 3.05) is 0 Å². The van der Waals surface area contributed by atoms with Crippen LogP contribution in [0.2, 0.25) is 0 Å². The van der Waals surface area contributed by atoms with Gasteiger partial charge in [-0.25, -0.2) is 0 Å². The van der Waals surface area contributed by atoms with Crippen LogP contribution in [-0.2, 0) is 9.47 Å². The van der Waals surface area contributed by atoms with E-state index in [2.05, 4.69) is 37.5 Å². The summed E-state index contributed by atoms with van der Waals surface area (Å²) in [6.45, 7) is 10.2. The molecule has 10 aliphatic rings. The van der Waals surface area contributed by atoms with Gasteiger partial charge in [-0.05, 0) is 226 Å². The zero-order chi connectivity index (χ0) is 40.7. The zero-order valence-electron chi connectivity index (χ0n) is 39.9. The number of rotatable bonds is 10. The summed E-state index contributed by atoms with van der Waals surface area (Å²) >= 11 is 0. The van der Waals surface area contributed by atoms with Crippen LogP contribution in [0.4, 0.5) is 0 Å². The van der Waals surface area contributed by atoms with Gasteiger partial charge in [0.25, 0.3) is 0 Å². The first-order chi connectivity index (χ1) is 29.4. The van der Waals surface area contributed by atoms with Gasteiger partial charge in [-0.1, -0.05) is 66.2 Å². The summed E-state index contributed by atoms with van der Waals surface area (Å²) in [7, 11) is 0. The average molecular weight is 829 g/mol. The molecule has 4 heteroatoms. The van der Waals surface area contributed by atoms with E-state index in [4.69, 9.17) is 9.47 Å². The van der Waals surface area contributed by atoms with Gasteiger partial charge in [-0.3, -0.25) is 9.80 Å². The highest BCUT2D eigenvalue weighted by Gasteiger charge is 2.63. The number of ether oxygens (including phenoxy) is 2. The van der Waals surface area contributed by atoms with E-state index >= 15 is 0 Å². The van der Waals surface area contributed by atoms with Gasteiger partial charge in [0.05, 0.1) is 24.4 Å². The molecule has 0 aromatic carbocycles. The molecule has 60 heavy (non-hydrogen) atoms. The van der Waals surface area contributed by atoms with Crippen LogP contribution in [0.5, 0.6) is 0 Å². The molecule has 0 aromatic heterocycles. The SMILES string of the molecule is CC1CCC(N(C2CCC(C)CC2)C2CC(OC3CCCCC3)C3CCC4C5C(CCC2C35)C(OC2CCCCC2)CC4N(C2CCC(C)CC2)C2CCC(C)CC2)CC1. The standard InChI is InChI=1S/C56H96N2O2/c1-37-15-23-41(24-16-37)57(42-25-17-38(2)18-26-42)51-35-53(59-45-11-7-5-8-12-45)49-34-32-48-52(58(43-27-19-39(3)20-28-43)44-29-21-40(4)22-30-44)36-54(60-46-13-9-6-10-14-46)50-33-31-47(51)55(49)56(48)50/h37-56H,5-36H2,1-4H3. The molecule has 10 atom stereocenters. The van der Waals surface area contributed by atoms with Crippen molar-refractivity contribution in [3.8, 4) is 0 Å². The Morgan fingerprint density at radius 2 is 0.583 bits per heavy atom. The minimum absolute atomic E-state index is 0.487. The summed E-state index contributed by atoms with van der Waals surface area (Å²) < 4.78 is 15.5. The van der Waals surface area contributed by atoms with E-state index in [1.807, 2.05) is 0 Å². The van der Waals surface area contributed by atoms with Crippen molar-refractivity contribution in [2.24, 2.45) is 59.2 Å². The molecular weight excluding hydrogens is 733 g/mol. The fourth-order valence-corrected chi connectivity index (χ4v) is 18.0. The van der Waals surface area contributed by atoms with Gasteiger partial charge in [-0.15, -0.1) is 0 Å². The zero-order valence-corrected chi connectivity index (χ0v) is 39.9. The molecular formula is C56H96N2O2. The Morgan fingerprint density at radius 1 is 0.300 bits per heavy atom. The second-order valence-electron chi connectivity index (χ2n) is 25.0. The summed E-state index contributed by atoms with van der Waals surface area (Å²) in [6, 6.07) is 4.73. The van der Waals surface area contributed by atoms with Crippen LogP contribution in [0, 0.1) is 59.2 Å². The molecule has 0 radical (unpaired) electrons. The molecule has 0 bridgehead atoms. The van der Waals surface area contributed by atoms with E-state index < -0.39 is 0 Å². The molecule has 10 fully saturated rings. The minimum atomic E-state index is 0.487. The third-order valence-electron chi connectivity index (χ3n) is 21.2. The van der Waals surface area contributed by atoms with E-state index in [9.17, 15) is 0 Å². The molecule has 342 valence electrons. The Labute approximate surface area is 370 Å². The Morgan fingerprint density at radius 3 is 0.883 bits per heavy atom. The van der Waals surface area contributed by atoms with Crippen LogP contribution >= 0.6 is 0 Å². The molecule has 0 amide bonds. The van der Waals surface area contributed by atoms with Gasteiger partial charge in [0.15, 0.2) is 0 Å². The smallest absolute Gasteiger partial charge is 0.0624 e. The molecule has 10 unspecified atom stereocenters. The lowest BCUT2D eigenvalue weighted by Crippen LogP contribution is -2.68. The van der Waals surface area contributed by atoms with E-state index in [1.54, 1.807) is 0 Å². The Balaban J connectivity index is 1.03. The highest BCUT2D eigenvalue weighted by molar-refractivity contribution is 5.13. The topological polar surface area (TPSA) is 24.9 Å². The molecule has 0 spiro atoms. The molecule has 0 N–H and O–H groups in total. The predicted molar refractivity (Wildman–Crippen MR) is 249 cm³/mol. The van der Waals surface area contributed by atoms with Crippen molar-refractivity contribution < 1.29 is 9.47 Å². The van der Waals surface area contributed by atoms with E-state index in [-0.39, 0.29) is 0 Å². The molecule has 4 nitrogen and oxygen atoms in total. The van der Waals surface area contributed by atoms with Gasteiger partial charge in [-0.2, -0.15) is 0 Å². The number of hydrogen-bond donors (Lipinski definition) is 0. The number of hydrogen-bond acceptors (Lipinski definition) is 4. The first-order valence-corrected chi connectivity index (χ1v) is 28.2. The van der Waals surface area contributed by atoms with Crippen LogP contribution in [0.3, 0.4) is 0 Å². The molecule has 0 aliphatic heterocycles. The molecule has 10 rings (SSSR count). The maximum Gasteiger partial charge on any atom is 0.0624 e. The van der Waals surface area contributed by atoms with Crippen LogP contribution in [0.25, 0.3) is 0 Å². The average Bonchev–Trinajstić information content (AvgIpc) is 3.27. The fourth-order valence-electron chi connectivity index (χ4n) is 18.0. The van der Waals surface area contributed by atoms with E-state index in [0.29, 0.717) is 24.4 Å². The summed E-state index contributed by atoms with van der Waals surface area (Å²) in [5.74, 6) is 8.70. The molecule has 10 aliphatic carbocycles. The Kier molecular flexibility index (Phi) is 14.4. The second kappa shape index (κ2) is 19.7. The van der Waals surface area contributed by atoms with Crippen molar-refractivity contribution in [2.45, 2.75) is 294 Å². The largest absolute Gasteiger partial charge is 0.375 e. The normalized spacial score (nSPS) is 48.5. The van der Waals surface area contributed by atoms with E-state index in [0.717, 1.165) is 95.4 Å². The summed E-state index contributed by atoms with van der Waals surface area (Å²) in [5, 5.41) is 0. The van der Waals surface area contributed by atoms with Gasteiger partial charge >= 0.3 is 0 Å². The van der Waals surface area contributed by atoms with Crippen LogP contribution < -0.4 is 0 Å². The van der Waals surface area contributed by atoms with Gasteiger partial charge in [0, 0.05) is 36.3 Å². The highest BCUT2D eigenvalue weighted by atomic mass is 16.5. The summed E-state index contributed by atoms with van der Waals surface area (Å²) in [6.07, 6.45) is 47.8. The van der Waals surface area contributed by atoms with Crippen LogP contribution in [0.15, 0.2) is 0 Å². The lowest BCUT2D eigenvalue weighted by molar-refractivity contribution is -0.224. The second-order valence-corrected chi connectivity index (χ2v) is 25.0. The fraction of sp³-hybridized carbons (Fsp3) is 1.00. The predicted octanol–water partition coefficient (Wildman–Crippen LogP) is 14.2. The lowest BCUT2D eigenvalue weighted by atomic mass is 9.45. The van der Waals surface area contributed by atoms with Crippen molar-refractivity contribution >= 4 is 0 Å². The van der Waals surface area contributed by atoms with Gasteiger partial charge in [0.2, 0.25) is 0 Å². The first-order valence-electron chi connectivity index (χ1n) is 28.2. The third-order valence-corrected chi connectivity index (χ3v) is 21.2. The van der Waals surface area contributed by atoms with Crippen molar-refractivity contribution in [1.82, 2.24) is 9.80 Å². The molecule has 0 aromatic rings. The number of nitrogens with zero attached hydrogens (tertiary/aromatic N) is 2. The highest BCUT2D eigenvalue weighted by Crippen LogP contribution is 2.63. The Bertz CT molecular complexity index is 1170. The molecule has 10 saturated carbocycles. The van der Waals surface area contributed by atoms with Crippen LogP contribution in [0.1, 0.15) is 233 Å². The lowest BCUT2D eigenvalue weighted by Gasteiger charge is -2.67. The van der Waals surface area contributed by atoms with Gasteiger partial charge < -0.3 is 9.47 Å². The quantitative estimate of drug-likeness (QED) is 0.219. The van der Waals surface area contributed by atoms with Crippen LogP contribution in [-0.4, -0.2) is 70.5 Å². The maximum absolute atomic E-state index is 7.74.